The van der Waals surface area contributed by atoms with Crippen LogP contribution in [-0.2, 0) is 4.79 Å². The first-order valence-electron chi connectivity index (χ1n) is 6.53. The average molecular weight is 239 g/mol. The molecule has 0 heterocycles. The predicted molar refractivity (Wildman–Crippen MR) is 70.5 cm³/mol. The van der Waals surface area contributed by atoms with Gasteiger partial charge in [-0.15, -0.1) is 5.92 Å². The van der Waals surface area contributed by atoms with E-state index in [0.29, 0.717) is 6.42 Å². The number of aliphatic hydroxyl groups is 1. The fraction of sp³-hybridized carbons (Fsp3) is 0.786. The Kier molecular flexibility index (Phi) is 10.8. The smallest absolute Gasteiger partial charge is 0.222 e. The van der Waals surface area contributed by atoms with Crippen molar-refractivity contribution >= 4 is 5.91 Å². The zero-order valence-corrected chi connectivity index (χ0v) is 11.2. The number of amides is 1. The van der Waals surface area contributed by atoms with Crippen LogP contribution in [0.5, 0.6) is 0 Å². The molecule has 1 N–H and O–H groups in total. The fourth-order valence-electron chi connectivity index (χ4n) is 1.52. The first-order chi connectivity index (χ1) is 8.22. The Hall–Kier alpha value is -1.01. The maximum absolute atomic E-state index is 11.6. The van der Waals surface area contributed by atoms with E-state index in [1.54, 1.807) is 0 Å². The number of rotatable bonds is 8. The van der Waals surface area contributed by atoms with Crippen molar-refractivity contribution in [2.24, 2.45) is 0 Å². The minimum Gasteiger partial charge on any atom is -0.384 e. The Morgan fingerprint density at radius 3 is 2.59 bits per heavy atom. The van der Waals surface area contributed by atoms with Crippen molar-refractivity contribution < 1.29 is 9.90 Å². The van der Waals surface area contributed by atoms with Crippen LogP contribution in [0.15, 0.2) is 0 Å². The van der Waals surface area contributed by atoms with Gasteiger partial charge in [-0.25, -0.2) is 0 Å². The van der Waals surface area contributed by atoms with Crippen molar-refractivity contribution in [3.05, 3.63) is 0 Å². The Labute approximate surface area is 105 Å². The molecule has 3 heteroatoms. The van der Waals surface area contributed by atoms with Gasteiger partial charge in [-0.2, -0.15) is 0 Å². The highest BCUT2D eigenvalue weighted by molar-refractivity contribution is 5.75. The third-order valence-corrected chi connectivity index (χ3v) is 2.67. The average Bonchev–Trinajstić information content (AvgIpc) is 2.34. The van der Waals surface area contributed by atoms with E-state index in [1.165, 1.54) is 0 Å². The molecule has 0 aliphatic rings. The highest BCUT2D eigenvalue weighted by Crippen LogP contribution is 2.05. The maximum atomic E-state index is 11.6. The van der Waals surface area contributed by atoms with Gasteiger partial charge in [0.15, 0.2) is 0 Å². The minimum atomic E-state index is -0.0549. The van der Waals surface area contributed by atoms with Gasteiger partial charge in [0.1, 0.15) is 6.61 Å². The lowest BCUT2D eigenvalue weighted by Crippen LogP contribution is -2.27. The largest absolute Gasteiger partial charge is 0.384 e. The van der Waals surface area contributed by atoms with Gasteiger partial charge in [-0.3, -0.25) is 4.79 Å². The lowest BCUT2D eigenvalue weighted by molar-refractivity contribution is -0.130. The van der Waals surface area contributed by atoms with Gasteiger partial charge in [-0.05, 0) is 19.3 Å². The van der Waals surface area contributed by atoms with E-state index in [1.807, 2.05) is 11.9 Å². The SMILES string of the molecule is CCCCN(C)C(=O)CCCCCC#CCO. The summed E-state index contributed by atoms with van der Waals surface area (Å²) in [5, 5.41) is 8.45. The lowest BCUT2D eigenvalue weighted by Gasteiger charge is -2.16. The molecule has 0 aromatic rings. The van der Waals surface area contributed by atoms with Crippen molar-refractivity contribution in [2.75, 3.05) is 20.2 Å². The van der Waals surface area contributed by atoms with E-state index >= 15 is 0 Å². The molecule has 0 aliphatic carbocycles. The van der Waals surface area contributed by atoms with E-state index < -0.39 is 0 Å². The highest BCUT2D eigenvalue weighted by atomic mass is 16.2. The number of carbonyl (C=O) groups is 1. The third kappa shape index (κ3) is 9.89. The van der Waals surface area contributed by atoms with Crippen molar-refractivity contribution in [1.29, 1.82) is 0 Å². The van der Waals surface area contributed by atoms with Gasteiger partial charge >= 0.3 is 0 Å². The van der Waals surface area contributed by atoms with Crippen molar-refractivity contribution in [1.82, 2.24) is 4.90 Å². The summed E-state index contributed by atoms with van der Waals surface area (Å²) in [6.07, 6.45) is 6.66. The van der Waals surface area contributed by atoms with Crippen molar-refractivity contribution in [3.8, 4) is 11.8 Å². The zero-order valence-electron chi connectivity index (χ0n) is 11.2. The van der Waals surface area contributed by atoms with E-state index in [0.717, 1.165) is 45.1 Å². The summed E-state index contributed by atoms with van der Waals surface area (Å²) in [5.74, 6) is 5.75. The van der Waals surface area contributed by atoms with Crippen LogP contribution >= 0.6 is 0 Å². The van der Waals surface area contributed by atoms with Gasteiger partial charge in [0, 0.05) is 26.4 Å². The van der Waals surface area contributed by atoms with Crippen LogP contribution < -0.4 is 0 Å². The number of hydrogen-bond donors (Lipinski definition) is 1. The lowest BCUT2D eigenvalue weighted by atomic mass is 10.1. The van der Waals surface area contributed by atoms with Crippen LogP contribution in [0.25, 0.3) is 0 Å². The zero-order chi connectivity index (χ0) is 12.9. The summed E-state index contributed by atoms with van der Waals surface area (Å²) in [5.41, 5.74) is 0. The van der Waals surface area contributed by atoms with Gasteiger partial charge in [0.05, 0.1) is 0 Å². The molecule has 0 aromatic heterocycles. The van der Waals surface area contributed by atoms with Crippen LogP contribution in [0.1, 0.15) is 51.9 Å². The molecular weight excluding hydrogens is 214 g/mol. The Bertz CT molecular complexity index is 253. The standard InChI is InChI=1S/C14H25NO2/c1-3-4-12-15(2)14(17)11-9-7-5-6-8-10-13-16/h16H,3-7,9,11-13H2,1-2H3. The second-order valence-corrected chi connectivity index (χ2v) is 4.24. The van der Waals surface area contributed by atoms with E-state index in [2.05, 4.69) is 18.8 Å². The van der Waals surface area contributed by atoms with Gasteiger partial charge in [-0.1, -0.05) is 25.7 Å². The molecule has 0 aliphatic heterocycles. The van der Waals surface area contributed by atoms with Crippen molar-refractivity contribution in [3.63, 3.8) is 0 Å². The van der Waals surface area contributed by atoms with Crippen LogP contribution in [0, 0.1) is 11.8 Å². The number of aliphatic hydroxyl groups excluding tert-OH is 1. The van der Waals surface area contributed by atoms with Gasteiger partial charge in [0.2, 0.25) is 5.91 Å². The third-order valence-electron chi connectivity index (χ3n) is 2.67. The number of nitrogens with zero attached hydrogens (tertiary/aromatic N) is 1. The summed E-state index contributed by atoms with van der Waals surface area (Å²) < 4.78 is 0. The quantitative estimate of drug-likeness (QED) is 0.521. The number of carbonyl (C=O) groups excluding carboxylic acids is 1. The molecule has 0 spiro atoms. The summed E-state index contributed by atoms with van der Waals surface area (Å²) in [7, 11) is 1.88. The van der Waals surface area contributed by atoms with Gasteiger partial charge < -0.3 is 10.0 Å². The highest BCUT2D eigenvalue weighted by Gasteiger charge is 2.06. The molecular formula is C14H25NO2. The molecule has 17 heavy (non-hydrogen) atoms. The molecule has 0 atom stereocenters. The van der Waals surface area contributed by atoms with Crippen LogP contribution in [-0.4, -0.2) is 36.1 Å². The molecule has 0 radical (unpaired) electrons. The molecule has 0 unspecified atom stereocenters. The second-order valence-electron chi connectivity index (χ2n) is 4.24. The molecule has 0 aromatic carbocycles. The first kappa shape index (κ1) is 16.0. The van der Waals surface area contributed by atoms with Crippen molar-refractivity contribution in [2.45, 2.75) is 51.9 Å². The molecule has 3 nitrogen and oxygen atoms in total. The maximum Gasteiger partial charge on any atom is 0.222 e. The van der Waals surface area contributed by atoms with Gasteiger partial charge in [0.25, 0.3) is 0 Å². The predicted octanol–water partition coefficient (Wildman–Crippen LogP) is 2.19. The van der Waals surface area contributed by atoms with Crippen LogP contribution in [0.3, 0.4) is 0 Å². The summed E-state index contributed by atoms with van der Waals surface area (Å²) in [4.78, 5) is 13.5. The Balaban J connectivity index is 3.44. The topological polar surface area (TPSA) is 40.5 Å². The summed E-state index contributed by atoms with van der Waals surface area (Å²) in [6, 6.07) is 0. The molecule has 98 valence electrons. The first-order valence-corrected chi connectivity index (χ1v) is 6.53. The molecule has 0 saturated heterocycles. The van der Waals surface area contributed by atoms with Crippen LogP contribution in [0.2, 0.25) is 0 Å². The monoisotopic (exact) mass is 239 g/mol. The summed E-state index contributed by atoms with van der Waals surface area (Å²) in [6.45, 7) is 2.95. The molecule has 0 fully saturated rings. The normalized spacial score (nSPS) is 9.59. The van der Waals surface area contributed by atoms with E-state index in [-0.39, 0.29) is 12.5 Å². The molecule has 0 saturated carbocycles. The minimum absolute atomic E-state index is 0.0549. The number of hydrogen-bond acceptors (Lipinski definition) is 2. The second kappa shape index (κ2) is 11.5. The Morgan fingerprint density at radius 2 is 1.94 bits per heavy atom. The molecule has 1 amide bonds. The van der Waals surface area contributed by atoms with Crippen LogP contribution in [0.4, 0.5) is 0 Å². The molecule has 0 rings (SSSR count). The fourth-order valence-corrected chi connectivity index (χ4v) is 1.52. The Morgan fingerprint density at radius 1 is 1.18 bits per heavy atom. The molecule has 0 bridgehead atoms. The van der Waals surface area contributed by atoms with E-state index in [4.69, 9.17) is 5.11 Å². The summed E-state index contributed by atoms with van der Waals surface area (Å²) >= 11 is 0. The van der Waals surface area contributed by atoms with E-state index in [9.17, 15) is 4.79 Å². The number of unbranched alkanes of at least 4 members (excludes halogenated alkanes) is 4.